The molecule has 0 atom stereocenters. The van der Waals surface area contributed by atoms with E-state index in [0.717, 1.165) is 14.1 Å². The van der Waals surface area contributed by atoms with E-state index in [0.29, 0.717) is 4.31 Å². The van der Waals surface area contributed by atoms with Crippen LogP contribution in [0.15, 0.2) is 4.90 Å². The lowest BCUT2D eigenvalue weighted by atomic mass is 10.2. The van der Waals surface area contributed by atoms with Gasteiger partial charge in [-0.05, 0) is 0 Å². The van der Waals surface area contributed by atoms with Crippen molar-refractivity contribution in [2.45, 2.75) is 11.3 Å². The standard InChI is InChI=1S/C10H10F6N2O2S/c1-18(2)21(19,20)10-8(16)6(14)5(13)7(15)9(10)17-3-4(11)12/h4,17H,3H2,1-2H3. The highest BCUT2D eigenvalue weighted by Gasteiger charge is 2.34. The predicted molar refractivity (Wildman–Crippen MR) is 61.6 cm³/mol. The number of nitrogens with zero attached hydrogens (tertiary/aromatic N) is 1. The average Bonchev–Trinajstić information content (AvgIpc) is 2.38. The second kappa shape index (κ2) is 6.10. The van der Waals surface area contributed by atoms with Crippen LogP contribution in [-0.2, 0) is 10.0 Å². The summed E-state index contributed by atoms with van der Waals surface area (Å²) in [5.74, 6) is -8.95. The minimum atomic E-state index is -4.74. The lowest BCUT2D eigenvalue weighted by Gasteiger charge is -2.18. The lowest BCUT2D eigenvalue weighted by Crippen LogP contribution is -2.27. The first kappa shape index (κ1) is 17.6. The van der Waals surface area contributed by atoms with Gasteiger partial charge in [0.2, 0.25) is 10.0 Å². The maximum absolute atomic E-state index is 13.7. The third-order valence-electron chi connectivity index (χ3n) is 2.40. The molecule has 0 aliphatic carbocycles. The molecular weight excluding hydrogens is 326 g/mol. The molecule has 0 saturated heterocycles. The van der Waals surface area contributed by atoms with Crippen molar-refractivity contribution in [3.8, 4) is 0 Å². The van der Waals surface area contributed by atoms with Crippen molar-refractivity contribution in [3.63, 3.8) is 0 Å². The summed E-state index contributed by atoms with van der Waals surface area (Å²) >= 11 is 0. The fraction of sp³-hybridized carbons (Fsp3) is 0.400. The number of anilines is 1. The molecule has 0 saturated carbocycles. The van der Waals surface area contributed by atoms with Crippen LogP contribution in [0.1, 0.15) is 0 Å². The minimum absolute atomic E-state index is 0.399. The Bertz CT molecular complexity index is 648. The van der Waals surface area contributed by atoms with Crippen molar-refractivity contribution in [1.82, 2.24) is 4.31 Å². The summed E-state index contributed by atoms with van der Waals surface area (Å²) in [6.07, 6.45) is -3.06. The smallest absolute Gasteiger partial charge is 0.255 e. The lowest BCUT2D eigenvalue weighted by molar-refractivity contribution is 0.163. The Morgan fingerprint density at radius 2 is 1.48 bits per heavy atom. The molecule has 0 fully saturated rings. The second-order valence-electron chi connectivity index (χ2n) is 4.02. The molecule has 0 unspecified atom stereocenters. The van der Waals surface area contributed by atoms with Gasteiger partial charge in [-0.3, -0.25) is 0 Å². The summed E-state index contributed by atoms with van der Waals surface area (Å²) in [5.41, 5.74) is -1.39. The monoisotopic (exact) mass is 336 g/mol. The van der Waals surface area contributed by atoms with Crippen LogP contribution in [0.2, 0.25) is 0 Å². The van der Waals surface area contributed by atoms with Crippen LogP contribution < -0.4 is 5.32 Å². The zero-order valence-corrected chi connectivity index (χ0v) is 11.5. The molecule has 1 N–H and O–H groups in total. The van der Waals surface area contributed by atoms with E-state index in [1.165, 1.54) is 0 Å². The molecule has 0 amide bonds. The van der Waals surface area contributed by atoms with Crippen LogP contribution in [0.5, 0.6) is 0 Å². The molecule has 0 aromatic heterocycles. The Hall–Kier alpha value is -1.49. The van der Waals surface area contributed by atoms with Gasteiger partial charge >= 0.3 is 0 Å². The summed E-state index contributed by atoms with van der Waals surface area (Å²) in [7, 11) is -2.90. The van der Waals surface area contributed by atoms with Crippen molar-refractivity contribution in [1.29, 1.82) is 0 Å². The van der Waals surface area contributed by atoms with Crippen molar-refractivity contribution >= 4 is 15.7 Å². The Morgan fingerprint density at radius 3 is 1.90 bits per heavy atom. The van der Waals surface area contributed by atoms with E-state index in [9.17, 15) is 34.8 Å². The van der Waals surface area contributed by atoms with E-state index in [-0.39, 0.29) is 0 Å². The molecule has 0 bridgehead atoms. The van der Waals surface area contributed by atoms with E-state index in [4.69, 9.17) is 0 Å². The first-order chi connectivity index (χ1) is 9.51. The van der Waals surface area contributed by atoms with Gasteiger partial charge in [-0.15, -0.1) is 0 Å². The number of benzene rings is 1. The van der Waals surface area contributed by atoms with E-state index in [1.54, 1.807) is 5.32 Å². The molecule has 11 heteroatoms. The molecule has 1 aromatic carbocycles. The van der Waals surface area contributed by atoms with Gasteiger partial charge < -0.3 is 5.32 Å². The molecule has 1 aromatic rings. The first-order valence-corrected chi connectivity index (χ1v) is 6.76. The van der Waals surface area contributed by atoms with Crippen LogP contribution >= 0.6 is 0 Å². The topological polar surface area (TPSA) is 49.4 Å². The van der Waals surface area contributed by atoms with Crippen LogP contribution in [0.25, 0.3) is 0 Å². The molecule has 21 heavy (non-hydrogen) atoms. The molecule has 1 rings (SSSR count). The molecule has 0 aliphatic rings. The van der Waals surface area contributed by atoms with Gasteiger partial charge in [-0.2, -0.15) is 0 Å². The van der Waals surface area contributed by atoms with E-state index in [2.05, 4.69) is 0 Å². The highest BCUT2D eigenvalue weighted by Crippen LogP contribution is 2.33. The number of alkyl halides is 2. The fourth-order valence-electron chi connectivity index (χ4n) is 1.37. The van der Waals surface area contributed by atoms with Gasteiger partial charge in [0.25, 0.3) is 6.43 Å². The normalized spacial score (nSPS) is 12.3. The maximum atomic E-state index is 13.7. The van der Waals surface area contributed by atoms with Gasteiger partial charge in [0.1, 0.15) is 4.90 Å². The molecule has 0 heterocycles. The van der Waals surface area contributed by atoms with Crippen LogP contribution in [0, 0.1) is 23.3 Å². The zero-order valence-electron chi connectivity index (χ0n) is 10.7. The van der Waals surface area contributed by atoms with Gasteiger partial charge in [-0.1, -0.05) is 0 Å². The van der Waals surface area contributed by atoms with Gasteiger partial charge in [-0.25, -0.2) is 39.1 Å². The molecule has 120 valence electrons. The molecule has 0 aliphatic heterocycles. The number of hydrogen-bond acceptors (Lipinski definition) is 3. The summed E-state index contributed by atoms with van der Waals surface area (Å²) in [5, 5.41) is 1.57. The number of rotatable bonds is 5. The summed E-state index contributed by atoms with van der Waals surface area (Å²) in [6, 6.07) is 0. The fourth-order valence-corrected chi connectivity index (χ4v) is 2.47. The molecule has 4 nitrogen and oxygen atoms in total. The highest BCUT2D eigenvalue weighted by atomic mass is 32.2. The van der Waals surface area contributed by atoms with Crippen LogP contribution in [0.3, 0.4) is 0 Å². The maximum Gasteiger partial charge on any atom is 0.255 e. The van der Waals surface area contributed by atoms with Crippen LogP contribution in [-0.4, -0.2) is 39.8 Å². The zero-order chi connectivity index (χ0) is 16.5. The number of sulfonamides is 1. The Balaban J connectivity index is 3.67. The molecule has 0 spiro atoms. The molecular formula is C10H10F6N2O2S. The van der Waals surface area contributed by atoms with Crippen molar-refractivity contribution < 1.29 is 34.8 Å². The predicted octanol–water partition coefficient (Wildman–Crippen LogP) is 2.17. The van der Waals surface area contributed by atoms with E-state index >= 15 is 0 Å². The quantitative estimate of drug-likeness (QED) is 0.509. The Labute approximate surface area is 116 Å². The van der Waals surface area contributed by atoms with Crippen molar-refractivity contribution in [3.05, 3.63) is 23.3 Å². The van der Waals surface area contributed by atoms with Crippen molar-refractivity contribution in [2.75, 3.05) is 26.0 Å². The average molecular weight is 336 g/mol. The largest absolute Gasteiger partial charge is 0.376 e. The SMILES string of the molecule is CN(C)S(=O)(=O)c1c(F)c(F)c(F)c(F)c1NCC(F)F. The van der Waals surface area contributed by atoms with Crippen molar-refractivity contribution in [2.24, 2.45) is 0 Å². The summed E-state index contributed by atoms with van der Waals surface area (Å²) in [4.78, 5) is -1.58. The minimum Gasteiger partial charge on any atom is -0.376 e. The number of hydrogen-bond donors (Lipinski definition) is 1. The second-order valence-corrected chi connectivity index (χ2v) is 6.11. The molecule has 0 radical (unpaired) electrons. The highest BCUT2D eigenvalue weighted by molar-refractivity contribution is 7.89. The van der Waals surface area contributed by atoms with Gasteiger partial charge in [0.15, 0.2) is 23.3 Å². The third-order valence-corrected chi connectivity index (χ3v) is 4.26. The third kappa shape index (κ3) is 3.23. The van der Waals surface area contributed by atoms with E-state index in [1.807, 2.05) is 0 Å². The van der Waals surface area contributed by atoms with Gasteiger partial charge in [0, 0.05) is 14.1 Å². The Morgan fingerprint density at radius 1 is 1.00 bits per heavy atom. The van der Waals surface area contributed by atoms with E-state index < -0.39 is 56.8 Å². The number of nitrogens with one attached hydrogen (secondary N) is 1. The number of halogens is 6. The van der Waals surface area contributed by atoms with Crippen LogP contribution in [0.4, 0.5) is 32.0 Å². The summed E-state index contributed by atoms with van der Waals surface area (Å²) < 4.78 is 102. The van der Waals surface area contributed by atoms with Gasteiger partial charge in [0.05, 0.1) is 12.2 Å². The summed E-state index contributed by atoms with van der Waals surface area (Å²) in [6.45, 7) is -1.28. The first-order valence-electron chi connectivity index (χ1n) is 5.32. The Kier molecular flexibility index (Phi) is 5.10.